The number of hydrogen-bond acceptors (Lipinski definition) is 4. The highest BCUT2D eigenvalue weighted by Crippen LogP contribution is 2.16. The Hall–Kier alpha value is -3.15. The van der Waals surface area contributed by atoms with Crippen molar-refractivity contribution in [3.63, 3.8) is 0 Å². The van der Waals surface area contributed by atoms with E-state index in [4.69, 9.17) is 4.74 Å². The van der Waals surface area contributed by atoms with Crippen LogP contribution < -0.4 is 10.1 Å². The van der Waals surface area contributed by atoms with E-state index in [1.54, 1.807) is 36.4 Å². The van der Waals surface area contributed by atoms with Gasteiger partial charge in [0.15, 0.2) is 0 Å². The molecule has 6 heteroatoms. The van der Waals surface area contributed by atoms with Crippen molar-refractivity contribution in [2.24, 2.45) is 0 Å². The molecule has 23 heavy (non-hydrogen) atoms. The predicted octanol–water partition coefficient (Wildman–Crippen LogP) is 3.65. The van der Waals surface area contributed by atoms with E-state index in [2.05, 4.69) is 5.32 Å². The third kappa shape index (κ3) is 4.96. The molecule has 0 aliphatic carbocycles. The lowest BCUT2D eigenvalue weighted by molar-refractivity contribution is -0.384. The molecule has 1 amide bonds. The summed E-state index contributed by atoms with van der Waals surface area (Å²) < 4.78 is 5.32. The maximum Gasteiger partial charge on any atom is 0.270 e. The summed E-state index contributed by atoms with van der Waals surface area (Å²) in [6, 6.07) is 13.1. The molecule has 6 nitrogen and oxygen atoms in total. The van der Waals surface area contributed by atoms with Gasteiger partial charge in [0, 0.05) is 23.9 Å². The highest BCUT2D eigenvalue weighted by atomic mass is 16.6. The molecule has 0 aromatic heterocycles. The zero-order valence-electron chi connectivity index (χ0n) is 12.6. The first-order chi connectivity index (χ1) is 11.1. The van der Waals surface area contributed by atoms with Gasteiger partial charge in [-0.25, -0.2) is 0 Å². The molecule has 2 rings (SSSR count). The monoisotopic (exact) mass is 312 g/mol. The molecule has 0 atom stereocenters. The van der Waals surface area contributed by atoms with Crippen molar-refractivity contribution >= 4 is 23.4 Å². The molecule has 0 fully saturated rings. The Morgan fingerprint density at radius 2 is 2.00 bits per heavy atom. The molecule has 1 N–H and O–H groups in total. The number of hydrogen-bond donors (Lipinski definition) is 1. The SMILES string of the molecule is CCOc1ccc(NC(=O)/C=C\c2cccc([N+](=O)[O-])c2)cc1. The number of carbonyl (C=O) groups is 1. The number of benzene rings is 2. The van der Waals surface area contributed by atoms with Crippen LogP contribution in [0.25, 0.3) is 6.08 Å². The molecular weight excluding hydrogens is 296 g/mol. The van der Waals surface area contributed by atoms with Crippen molar-refractivity contribution in [1.29, 1.82) is 0 Å². The summed E-state index contributed by atoms with van der Waals surface area (Å²) in [5, 5.41) is 13.4. The van der Waals surface area contributed by atoms with E-state index in [0.717, 1.165) is 5.75 Å². The van der Waals surface area contributed by atoms with Crippen molar-refractivity contribution in [3.8, 4) is 5.75 Å². The first kappa shape index (κ1) is 16.2. The lowest BCUT2D eigenvalue weighted by atomic mass is 10.2. The van der Waals surface area contributed by atoms with Gasteiger partial charge >= 0.3 is 0 Å². The molecule has 118 valence electrons. The first-order valence-electron chi connectivity index (χ1n) is 7.05. The van der Waals surface area contributed by atoms with Crippen molar-refractivity contribution in [1.82, 2.24) is 0 Å². The second kappa shape index (κ2) is 7.74. The minimum atomic E-state index is -0.475. The lowest BCUT2D eigenvalue weighted by Gasteiger charge is -2.05. The van der Waals surface area contributed by atoms with Crippen LogP contribution in [0.5, 0.6) is 5.75 Å². The van der Waals surface area contributed by atoms with E-state index in [1.165, 1.54) is 24.3 Å². The predicted molar refractivity (Wildman–Crippen MR) is 88.4 cm³/mol. The van der Waals surface area contributed by atoms with Gasteiger partial charge in [0.2, 0.25) is 5.91 Å². The van der Waals surface area contributed by atoms with Gasteiger partial charge in [0.25, 0.3) is 5.69 Å². The normalized spacial score (nSPS) is 10.5. The van der Waals surface area contributed by atoms with Gasteiger partial charge in [0.05, 0.1) is 11.5 Å². The number of non-ortho nitro benzene ring substituents is 1. The molecule has 0 saturated heterocycles. The topological polar surface area (TPSA) is 81.5 Å². The van der Waals surface area contributed by atoms with Crippen LogP contribution in [0.15, 0.2) is 54.6 Å². The van der Waals surface area contributed by atoms with Crippen LogP contribution in [0, 0.1) is 10.1 Å². The van der Waals surface area contributed by atoms with E-state index < -0.39 is 4.92 Å². The van der Waals surface area contributed by atoms with E-state index in [-0.39, 0.29) is 11.6 Å². The van der Waals surface area contributed by atoms with Gasteiger partial charge in [-0.2, -0.15) is 0 Å². The Kier molecular flexibility index (Phi) is 5.46. The Balaban J connectivity index is 1.98. The maximum atomic E-state index is 11.9. The molecule has 2 aromatic carbocycles. The molecule has 0 bridgehead atoms. The molecule has 0 unspecified atom stereocenters. The number of rotatable bonds is 6. The fourth-order valence-corrected chi connectivity index (χ4v) is 1.90. The van der Waals surface area contributed by atoms with Crippen molar-refractivity contribution in [2.45, 2.75) is 6.92 Å². The quantitative estimate of drug-likeness (QED) is 0.501. The zero-order valence-corrected chi connectivity index (χ0v) is 12.6. The van der Waals surface area contributed by atoms with Crippen LogP contribution >= 0.6 is 0 Å². The number of carbonyl (C=O) groups excluding carboxylic acids is 1. The van der Waals surface area contributed by atoms with Crippen molar-refractivity contribution in [2.75, 3.05) is 11.9 Å². The molecule has 2 aromatic rings. The smallest absolute Gasteiger partial charge is 0.270 e. The number of nitro groups is 1. The number of ether oxygens (including phenoxy) is 1. The van der Waals surface area contributed by atoms with Crippen LogP contribution in [-0.4, -0.2) is 17.4 Å². The summed E-state index contributed by atoms with van der Waals surface area (Å²) in [5.74, 6) is 0.415. The Morgan fingerprint density at radius 1 is 1.26 bits per heavy atom. The minimum absolute atomic E-state index is 0.0147. The van der Waals surface area contributed by atoms with Gasteiger partial charge in [-0.1, -0.05) is 12.1 Å². The van der Waals surface area contributed by atoms with Crippen LogP contribution in [0.4, 0.5) is 11.4 Å². The largest absolute Gasteiger partial charge is 0.494 e. The number of nitrogens with zero attached hydrogens (tertiary/aromatic N) is 1. The summed E-state index contributed by atoms with van der Waals surface area (Å²) in [6.07, 6.45) is 2.85. The van der Waals surface area contributed by atoms with E-state index in [9.17, 15) is 14.9 Å². The van der Waals surface area contributed by atoms with Gasteiger partial charge < -0.3 is 10.1 Å². The molecule has 0 saturated carbocycles. The summed E-state index contributed by atoms with van der Waals surface area (Å²) >= 11 is 0. The van der Waals surface area contributed by atoms with Gasteiger partial charge in [-0.05, 0) is 42.8 Å². The third-order valence-electron chi connectivity index (χ3n) is 2.94. The van der Waals surface area contributed by atoms with Crippen molar-refractivity contribution in [3.05, 3.63) is 70.3 Å². The molecular formula is C17H16N2O4. The lowest BCUT2D eigenvalue weighted by Crippen LogP contribution is -2.07. The van der Waals surface area contributed by atoms with Gasteiger partial charge in [-0.15, -0.1) is 0 Å². The van der Waals surface area contributed by atoms with Crippen LogP contribution in [-0.2, 0) is 4.79 Å². The second-order valence-corrected chi connectivity index (χ2v) is 4.63. The van der Waals surface area contributed by atoms with E-state index >= 15 is 0 Å². The third-order valence-corrected chi connectivity index (χ3v) is 2.94. The number of nitrogens with one attached hydrogen (secondary N) is 1. The first-order valence-corrected chi connectivity index (χ1v) is 7.05. The Labute approximate surface area is 133 Å². The number of nitro benzene ring substituents is 1. The zero-order chi connectivity index (χ0) is 16.7. The summed E-state index contributed by atoms with van der Waals surface area (Å²) in [5.41, 5.74) is 1.21. The van der Waals surface area contributed by atoms with Crippen molar-refractivity contribution < 1.29 is 14.5 Å². The average Bonchev–Trinajstić information content (AvgIpc) is 2.55. The van der Waals surface area contributed by atoms with Gasteiger partial charge in [0.1, 0.15) is 5.75 Å². The fraction of sp³-hybridized carbons (Fsp3) is 0.118. The van der Waals surface area contributed by atoms with Crippen LogP contribution in [0.3, 0.4) is 0 Å². The maximum absolute atomic E-state index is 11.9. The highest BCUT2D eigenvalue weighted by Gasteiger charge is 2.04. The Morgan fingerprint density at radius 3 is 2.65 bits per heavy atom. The second-order valence-electron chi connectivity index (χ2n) is 4.63. The van der Waals surface area contributed by atoms with Crippen LogP contribution in [0.2, 0.25) is 0 Å². The number of amides is 1. The van der Waals surface area contributed by atoms with E-state index in [0.29, 0.717) is 17.9 Å². The fourth-order valence-electron chi connectivity index (χ4n) is 1.90. The summed E-state index contributed by atoms with van der Waals surface area (Å²) in [6.45, 7) is 2.48. The molecule has 0 radical (unpaired) electrons. The van der Waals surface area contributed by atoms with Gasteiger partial charge in [-0.3, -0.25) is 14.9 Å². The molecule has 0 heterocycles. The summed E-state index contributed by atoms with van der Waals surface area (Å²) in [7, 11) is 0. The number of anilines is 1. The highest BCUT2D eigenvalue weighted by molar-refractivity contribution is 6.01. The average molecular weight is 312 g/mol. The molecule has 0 aliphatic rings. The Bertz CT molecular complexity index is 724. The minimum Gasteiger partial charge on any atom is -0.494 e. The molecule has 0 aliphatic heterocycles. The summed E-state index contributed by atoms with van der Waals surface area (Å²) in [4.78, 5) is 22.1. The van der Waals surface area contributed by atoms with E-state index in [1.807, 2.05) is 6.92 Å². The molecule has 0 spiro atoms. The standard InChI is InChI=1S/C17H16N2O4/c1-2-23-16-9-7-14(8-10-16)18-17(20)11-6-13-4-3-5-15(12-13)19(21)22/h3-12H,2H2,1H3,(H,18,20)/b11-6-. The van der Waals surface area contributed by atoms with Crippen LogP contribution in [0.1, 0.15) is 12.5 Å².